The Morgan fingerprint density at radius 2 is 1.76 bits per heavy atom. The van der Waals surface area contributed by atoms with Gasteiger partial charge in [0, 0.05) is 7.05 Å². The minimum absolute atomic E-state index is 0.00910. The van der Waals surface area contributed by atoms with E-state index in [1.54, 1.807) is 34.6 Å². The molecular weight excluding hydrogens is 557 g/mol. The highest BCUT2D eigenvalue weighted by Crippen LogP contribution is 2.41. The molecule has 0 radical (unpaired) electrons. The molecule has 2 aromatic rings. The van der Waals surface area contributed by atoms with Crippen LogP contribution in [0.25, 0.3) is 11.1 Å². The first-order valence-electron chi connectivity index (χ1n) is 12.9. The highest BCUT2D eigenvalue weighted by atomic mass is 19.4. The fourth-order valence-corrected chi connectivity index (χ4v) is 4.49. The molecule has 10 nitrogen and oxygen atoms in total. The van der Waals surface area contributed by atoms with Crippen LogP contribution in [0.2, 0.25) is 0 Å². The maximum Gasteiger partial charge on any atom is 0.417 e. The molecule has 1 saturated heterocycles. The molecule has 2 aromatic carbocycles. The summed E-state index contributed by atoms with van der Waals surface area (Å²) in [6.07, 6.45) is -5.71. The van der Waals surface area contributed by atoms with Crippen molar-refractivity contribution in [3.63, 3.8) is 0 Å². The summed E-state index contributed by atoms with van der Waals surface area (Å²) in [7, 11) is 1.28. The van der Waals surface area contributed by atoms with Crippen LogP contribution in [0.3, 0.4) is 0 Å². The van der Waals surface area contributed by atoms with Crippen LogP contribution in [0.1, 0.15) is 51.3 Å². The van der Waals surface area contributed by atoms with Crippen LogP contribution in [0.5, 0.6) is 0 Å². The van der Waals surface area contributed by atoms with Crippen LogP contribution in [-0.4, -0.2) is 54.2 Å². The zero-order valence-electron chi connectivity index (χ0n) is 23.9. The molecule has 1 aliphatic heterocycles. The lowest BCUT2D eigenvalue weighted by atomic mass is 9.83. The summed E-state index contributed by atoms with van der Waals surface area (Å²) in [5, 5.41) is 13.8. The fraction of sp³-hybridized carbons (Fsp3) is 0.414. The molecular formula is C29H31F3N4O6. The van der Waals surface area contributed by atoms with E-state index in [0.717, 1.165) is 17.0 Å². The molecule has 1 aliphatic rings. The van der Waals surface area contributed by atoms with E-state index in [-0.39, 0.29) is 16.7 Å². The number of likely N-dealkylation sites (N-methyl/N-ethyl adjacent to an activating group) is 1. The Hall–Kier alpha value is -4.60. The van der Waals surface area contributed by atoms with Gasteiger partial charge in [-0.2, -0.15) is 18.4 Å². The van der Waals surface area contributed by atoms with Crippen LogP contribution >= 0.6 is 0 Å². The van der Waals surface area contributed by atoms with Crippen molar-refractivity contribution in [1.29, 1.82) is 5.26 Å². The van der Waals surface area contributed by atoms with Crippen molar-refractivity contribution in [3.8, 4) is 17.2 Å². The molecule has 0 aliphatic carbocycles. The van der Waals surface area contributed by atoms with Gasteiger partial charge >= 0.3 is 24.3 Å². The number of carbonyl (C=O) groups is 4. The van der Waals surface area contributed by atoms with E-state index in [2.05, 4.69) is 10.6 Å². The van der Waals surface area contributed by atoms with Gasteiger partial charge in [-0.3, -0.25) is 10.1 Å². The summed E-state index contributed by atoms with van der Waals surface area (Å²) < 4.78 is 52.0. The van der Waals surface area contributed by atoms with Crippen molar-refractivity contribution < 1.29 is 41.8 Å². The number of ether oxygens (including phenoxy) is 2. The Bertz CT molecular complexity index is 1440. The van der Waals surface area contributed by atoms with Crippen molar-refractivity contribution in [1.82, 2.24) is 15.5 Å². The number of imide groups is 1. The Morgan fingerprint density at radius 1 is 1.12 bits per heavy atom. The van der Waals surface area contributed by atoms with Gasteiger partial charge < -0.3 is 19.7 Å². The maximum atomic E-state index is 13.8. The van der Waals surface area contributed by atoms with Crippen molar-refractivity contribution >= 4 is 24.0 Å². The highest BCUT2D eigenvalue weighted by Gasteiger charge is 2.55. The third kappa shape index (κ3) is 6.48. The summed E-state index contributed by atoms with van der Waals surface area (Å²) in [5.74, 6) is -2.27. The molecule has 42 heavy (non-hydrogen) atoms. The smallest absolute Gasteiger partial charge is 0.417 e. The number of nitrogens with one attached hydrogen (secondary N) is 2. The van der Waals surface area contributed by atoms with Gasteiger partial charge in [-0.25, -0.2) is 14.4 Å². The minimum atomic E-state index is -4.84. The summed E-state index contributed by atoms with van der Waals surface area (Å²) in [6.45, 7) is 7.51. The van der Waals surface area contributed by atoms with Gasteiger partial charge in [-0.15, -0.1) is 0 Å². The van der Waals surface area contributed by atoms with Gasteiger partial charge in [0.05, 0.1) is 17.2 Å². The number of benzene rings is 2. The van der Waals surface area contributed by atoms with Gasteiger partial charge in [0.2, 0.25) is 0 Å². The zero-order chi connectivity index (χ0) is 31.6. The predicted octanol–water partition coefficient (Wildman–Crippen LogP) is 4.71. The molecule has 0 unspecified atom stereocenters. The average Bonchev–Trinajstić information content (AvgIpc) is 3.11. The van der Waals surface area contributed by atoms with E-state index in [0.29, 0.717) is 0 Å². The number of rotatable bonds is 7. The van der Waals surface area contributed by atoms with Crippen molar-refractivity contribution in [3.05, 3.63) is 59.2 Å². The van der Waals surface area contributed by atoms with Crippen molar-refractivity contribution in [2.45, 2.75) is 58.0 Å². The number of amides is 4. The van der Waals surface area contributed by atoms with Crippen LogP contribution in [0, 0.1) is 17.2 Å². The highest BCUT2D eigenvalue weighted by molar-refractivity contribution is 6.08. The number of halogens is 3. The Labute approximate surface area is 240 Å². The standard InChI is InChI=1S/C29H31F3N4O6/c1-16(2)22(34-26(40)42-27(3,4)5)23(37)41-15-28(24(38)35-25(39)36(28)6)20-10-8-7-9-19(20)17-11-12-18(14-33)21(13-17)29(30,31)32/h7-13,16,22H,15H2,1-6H3,(H,34,40)(H,35,38,39)/t22-,28+/m0/s1. The van der Waals surface area contributed by atoms with E-state index in [1.165, 1.54) is 43.4 Å². The van der Waals surface area contributed by atoms with Gasteiger partial charge in [0.15, 0.2) is 5.54 Å². The molecule has 4 amide bonds. The summed E-state index contributed by atoms with van der Waals surface area (Å²) in [4.78, 5) is 52.6. The second-order valence-corrected chi connectivity index (χ2v) is 11.1. The normalized spacial score (nSPS) is 17.9. The van der Waals surface area contributed by atoms with E-state index in [9.17, 15) is 37.6 Å². The molecule has 0 saturated carbocycles. The number of nitrogens with zero attached hydrogens (tertiary/aromatic N) is 2. The summed E-state index contributed by atoms with van der Waals surface area (Å²) in [6, 6.07) is 8.52. The van der Waals surface area contributed by atoms with Crippen LogP contribution in [-0.2, 0) is 30.8 Å². The fourth-order valence-electron chi connectivity index (χ4n) is 4.49. The average molecular weight is 589 g/mol. The molecule has 2 atom stereocenters. The number of esters is 1. The van der Waals surface area contributed by atoms with Crippen LogP contribution in [0.4, 0.5) is 22.8 Å². The van der Waals surface area contributed by atoms with Gasteiger partial charge in [0.1, 0.15) is 18.2 Å². The Kier molecular flexibility index (Phi) is 8.90. The van der Waals surface area contributed by atoms with E-state index < -0.39 is 71.0 Å². The monoisotopic (exact) mass is 588 g/mol. The first-order chi connectivity index (χ1) is 19.4. The van der Waals surface area contributed by atoms with Gasteiger partial charge in [-0.05, 0) is 55.5 Å². The Balaban J connectivity index is 2.07. The SMILES string of the molecule is CC(C)[C@H](NC(=O)OC(C)(C)C)C(=O)OC[C@@]1(c2ccccc2-c2ccc(C#N)c(C(F)(F)F)c2)C(=O)NC(=O)N1C. The predicted molar refractivity (Wildman–Crippen MR) is 144 cm³/mol. The van der Waals surface area contributed by atoms with Crippen molar-refractivity contribution in [2.24, 2.45) is 5.92 Å². The van der Waals surface area contributed by atoms with E-state index in [1.807, 2.05) is 0 Å². The van der Waals surface area contributed by atoms with E-state index >= 15 is 0 Å². The minimum Gasteiger partial charge on any atom is -0.461 e. The molecule has 13 heteroatoms. The number of hydrogen-bond acceptors (Lipinski definition) is 7. The zero-order valence-corrected chi connectivity index (χ0v) is 23.9. The quantitative estimate of drug-likeness (QED) is 0.353. The first-order valence-corrected chi connectivity index (χ1v) is 12.9. The number of carbonyl (C=O) groups excluding carboxylic acids is 4. The molecule has 1 heterocycles. The molecule has 3 rings (SSSR count). The molecule has 0 bridgehead atoms. The second-order valence-electron chi connectivity index (χ2n) is 11.1. The molecule has 2 N–H and O–H groups in total. The Morgan fingerprint density at radius 3 is 2.29 bits per heavy atom. The van der Waals surface area contributed by atoms with Gasteiger partial charge in [-0.1, -0.05) is 44.2 Å². The summed E-state index contributed by atoms with van der Waals surface area (Å²) >= 11 is 0. The van der Waals surface area contributed by atoms with E-state index in [4.69, 9.17) is 9.47 Å². The number of nitriles is 1. The van der Waals surface area contributed by atoms with Crippen LogP contribution < -0.4 is 10.6 Å². The third-order valence-electron chi connectivity index (χ3n) is 6.62. The van der Waals surface area contributed by atoms with Gasteiger partial charge in [0.25, 0.3) is 5.91 Å². The number of alkyl carbamates (subject to hydrolysis) is 1. The topological polar surface area (TPSA) is 138 Å². The summed E-state index contributed by atoms with van der Waals surface area (Å²) in [5.41, 5.74) is -4.37. The molecule has 1 fully saturated rings. The van der Waals surface area contributed by atoms with Crippen LogP contribution in [0.15, 0.2) is 42.5 Å². The number of hydrogen-bond donors (Lipinski definition) is 2. The number of urea groups is 1. The lowest BCUT2D eigenvalue weighted by Gasteiger charge is -2.35. The molecule has 0 spiro atoms. The first kappa shape index (κ1) is 31.9. The number of alkyl halides is 3. The second kappa shape index (κ2) is 11.7. The maximum absolute atomic E-state index is 13.8. The van der Waals surface area contributed by atoms with Crippen molar-refractivity contribution in [2.75, 3.05) is 13.7 Å². The molecule has 0 aromatic heterocycles. The lowest BCUT2D eigenvalue weighted by molar-refractivity contribution is -0.153. The lowest BCUT2D eigenvalue weighted by Crippen LogP contribution is -2.52. The third-order valence-corrected chi connectivity index (χ3v) is 6.62. The largest absolute Gasteiger partial charge is 0.461 e. The molecule has 224 valence electrons.